The average molecular weight is 107 g/mol. The van der Waals surface area contributed by atoms with Gasteiger partial charge in [0.2, 0.25) is 0 Å². The Balaban J connectivity index is 3.29. The second-order valence-electron chi connectivity index (χ2n) is 1.54. The molecule has 0 spiro atoms. The second-order valence-corrected chi connectivity index (χ2v) is 1.54. The number of hydrogen-bond acceptors (Lipinski definition) is 1. The number of allylic oxidation sites excluding steroid dienone is 2. The molecule has 0 radical (unpaired) electrons. The topological polar surface area (TPSA) is 23.8 Å². The molecule has 0 fully saturated rings. The van der Waals surface area contributed by atoms with Crippen molar-refractivity contribution in [2.45, 2.75) is 12.8 Å². The monoisotopic (exact) mass is 107 g/mol. The van der Waals surface area contributed by atoms with Gasteiger partial charge < -0.3 is 0 Å². The third-order valence-corrected chi connectivity index (χ3v) is 0.808. The number of nitrogens with zero attached hydrogens (tertiary/aromatic N) is 1. The van der Waals surface area contributed by atoms with Crippen molar-refractivity contribution in [2.75, 3.05) is 0 Å². The fourth-order valence-electron chi connectivity index (χ4n) is 0.332. The van der Waals surface area contributed by atoms with Gasteiger partial charge in [0.05, 0.1) is 6.07 Å². The van der Waals surface area contributed by atoms with Crippen molar-refractivity contribution >= 4 is 0 Å². The van der Waals surface area contributed by atoms with E-state index in [1.54, 1.807) is 6.08 Å². The Kier molecular flexibility index (Phi) is 3.60. The van der Waals surface area contributed by atoms with Gasteiger partial charge in [0.15, 0.2) is 0 Å². The molecule has 0 unspecified atom stereocenters. The van der Waals surface area contributed by atoms with E-state index in [9.17, 15) is 0 Å². The van der Waals surface area contributed by atoms with Gasteiger partial charge in [-0.15, -0.1) is 6.58 Å². The van der Waals surface area contributed by atoms with E-state index in [2.05, 4.69) is 13.2 Å². The highest BCUT2D eigenvalue weighted by Crippen LogP contribution is 1.98. The summed E-state index contributed by atoms with van der Waals surface area (Å²) in [5.74, 6) is 0. The molecule has 0 aromatic heterocycles. The van der Waals surface area contributed by atoms with Gasteiger partial charge in [-0.05, 0) is 12.8 Å². The van der Waals surface area contributed by atoms with Crippen LogP contribution in [0.5, 0.6) is 0 Å². The molecular weight excluding hydrogens is 98.1 g/mol. The lowest BCUT2D eigenvalue weighted by molar-refractivity contribution is 1.02. The molecule has 0 amide bonds. The minimum atomic E-state index is 0.630. The Morgan fingerprint density at radius 1 is 1.75 bits per heavy atom. The molecule has 0 aliphatic carbocycles. The van der Waals surface area contributed by atoms with Crippen LogP contribution in [0, 0.1) is 11.3 Å². The Hall–Kier alpha value is -1.03. The van der Waals surface area contributed by atoms with Gasteiger partial charge in [-0.2, -0.15) is 5.26 Å². The molecule has 0 atom stereocenters. The molecule has 1 nitrogen and oxygen atoms in total. The van der Waals surface area contributed by atoms with Gasteiger partial charge in [-0.3, -0.25) is 0 Å². The molecule has 0 saturated carbocycles. The lowest BCUT2D eigenvalue weighted by Crippen LogP contribution is -1.72. The van der Waals surface area contributed by atoms with E-state index in [1.165, 1.54) is 0 Å². The van der Waals surface area contributed by atoms with Crippen molar-refractivity contribution in [3.05, 3.63) is 24.8 Å². The molecule has 8 heavy (non-hydrogen) atoms. The molecule has 0 aromatic rings. The Labute approximate surface area is 49.9 Å². The summed E-state index contributed by atoms with van der Waals surface area (Å²) in [5.41, 5.74) is 0.630. The van der Waals surface area contributed by atoms with Crippen LogP contribution in [0.2, 0.25) is 0 Å². The van der Waals surface area contributed by atoms with Crippen LogP contribution in [-0.2, 0) is 0 Å². The summed E-state index contributed by atoms with van der Waals surface area (Å²) in [5, 5.41) is 8.18. The lowest BCUT2D eigenvalue weighted by atomic mass is 10.2. The molecular formula is C7H9N. The fourth-order valence-corrected chi connectivity index (χ4v) is 0.332. The Bertz CT molecular complexity index is 128. The molecule has 42 valence electrons. The highest BCUT2D eigenvalue weighted by Gasteiger charge is 1.85. The smallest absolute Gasteiger partial charge is 0.0940 e. The van der Waals surface area contributed by atoms with E-state index in [1.807, 2.05) is 6.07 Å². The minimum Gasteiger partial charge on any atom is -0.193 e. The van der Waals surface area contributed by atoms with Gasteiger partial charge in [0.1, 0.15) is 0 Å². The van der Waals surface area contributed by atoms with Crippen LogP contribution in [0.4, 0.5) is 0 Å². The third kappa shape index (κ3) is 3.17. The van der Waals surface area contributed by atoms with Crippen molar-refractivity contribution in [1.29, 1.82) is 5.26 Å². The molecule has 0 heterocycles. The van der Waals surface area contributed by atoms with Crippen LogP contribution in [0.15, 0.2) is 24.8 Å². The molecule has 0 saturated heterocycles. The van der Waals surface area contributed by atoms with E-state index < -0.39 is 0 Å². The van der Waals surface area contributed by atoms with Crippen LogP contribution < -0.4 is 0 Å². The molecule has 0 bridgehead atoms. The lowest BCUT2D eigenvalue weighted by Gasteiger charge is -1.86. The predicted molar refractivity (Wildman–Crippen MR) is 34.2 cm³/mol. The van der Waals surface area contributed by atoms with Crippen LogP contribution in [-0.4, -0.2) is 0 Å². The molecule has 0 N–H and O–H groups in total. The summed E-state index contributed by atoms with van der Waals surface area (Å²) in [6.07, 6.45) is 3.38. The number of hydrogen-bond donors (Lipinski definition) is 0. The van der Waals surface area contributed by atoms with Crippen molar-refractivity contribution in [3.8, 4) is 6.07 Å². The highest BCUT2D eigenvalue weighted by atomic mass is 14.2. The molecule has 0 aromatic carbocycles. The number of rotatable bonds is 3. The van der Waals surface area contributed by atoms with Gasteiger partial charge >= 0.3 is 0 Å². The first-order valence-electron chi connectivity index (χ1n) is 2.50. The van der Waals surface area contributed by atoms with Crippen molar-refractivity contribution in [1.82, 2.24) is 0 Å². The van der Waals surface area contributed by atoms with E-state index in [0.29, 0.717) is 5.57 Å². The van der Waals surface area contributed by atoms with E-state index in [0.717, 1.165) is 12.8 Å². The summed E-state index contributed by atoms with van der Waals surface area (Å²) >= 11 is 0. The van der Waals surface area contributed by atoms with E-state index in [4.69, 9.17) is 5.26 Å². The summed E-state index contributed by atoms with van der Waals surface area (Å²) in [6, 6.07) is 1.96. The standard InChI is InChI=1S/C7H9N/c1-3-4-5-7(2)6-8/h3H,1-2,4-5H2. The van der Waals surface area contributed by atoms with Crippen molar-refractivity contribution in [2.24, 2.45) is 0 Å². The average Bonchev–Trinajstić information content (AvgIpc) is 1.83. The first-order chi connectivity index (χ1) is 3.81. The van der Waals surface area contributed by atoms with Gasteiger partial charge in [0, 0.05) is 5.57 Å². The second kappa shape index (κ2) is 4.14. The first-order valence-corrected chi connectivity index (χ1v) is 2.50. The van der Waals surface area contributed by atoms with Gasteiger partial charge in [0.25, 0.3) is 0 Å². The van der Waals surface area contributed by atoms with Crippen LogP contribution in [0.1, 0.15) is 12.8 Å². The largest absolute Gasteiger partial charge is 0.193 e. The van der Waals surface area contributed by atoms with Gasteiger partial charge in [-0.1, -0.05) is 12.7 Å². The number of nitriles is 1. The maximum Gasteiger partial charge on any atom is 0.0940 e. The quantitative estimate of drug-likeness (QED) is 0.400. The summed E-state index contributed by atoms with van der Waals surface area (Å²) in [6.45, 7) is 7.02. The minimum absolute atomic E-state index is 0.630. The molecule has 0 aliphatic heterocycles. The molecule has 1 heteroatoms. The maximum atomic E-state index is 8.18. The summed E-state index contributed by atoms with van der Waals surface area (Å²) in [7, 11) is 0. The Morgan fingerprint density at radius 2 is 2.38 bits per heavy atom. The van der Waals surface area contributed by atoms with Crippen molar-refractivity contribution in [3.63, 3.8) is 0 Å². The van der Waals surface area contributed by atoms with Crippen LogP contribution >= 0.6 is 0 Å². The zero-order chi connectivity index (χ0) is 6.41. The Morgan fingerprint density at radius 3 is 2.75 bits per heavy atom. The SMILES string of the molecule is C=CCCC(=C)C#N. The zero-order valence-electron chi connectivity index (χ0n) is 4.85. The zero-order valence-corrected chi connectivity index (χ0v) is 4.85. The van der Waals surface area contributed by atoms with Crippen molar-refractivity contribution < 1.29 is 0 Å². The maximum absolute atomic E-state index is 8.18. The summed E-state index contributed by atoms with van der Waals surface area (Å²) in [4.78, 5) is 0. The predicted octanol–water partition coefficient (Wildman–Crippen LogP) is 2.03. The summed E-state index contributed by atoms with van der Waals surface area (Å²) < 4.78 is 0. The van der Waals surface area contributed by atoms with E-state index in [-0.39, 0.29) is 0 Å². The van der Waals surface area contributed by atoms with Gasteiger partial charge in [-0.25, -0.2) is 0 Å². The fraction of sp³-hybridized carbons (Fsp3) is 0.286. The van der Waals surface area contributed by atoms with Crippen LogP contribution in [0.25, 0.3) is 0 Å². The normalized spacial score (nSPS) is 7.38. The third-order valence-electron chi connectivity index (χ3n) is 0.808. The van der Waals surface area contributed by atoms with Crippen LogP contribution in [0.3, 0.4) is 0 Å². The van der Waals surface area contributed by atoms with E-state index >= 15 is 0 Å². The molecule has 0 aliphatic rings. The highest BCUT2D eigenvalue weighted by molar-refractivity contribution is 5.15. The molecule has 0 rings (SSSR count). The first kappa shape index (κ1) is 6.97.